The van der Waals surface area contributed by atoms with Crippen LogP contribution in [0.1, 0.15) is 16.7 Å². The van der Waals surface area contributed by atoms with Gasteiger partial charge in [0.1, 0.15) is 18.2 Å². The van der Waals surface area contributed by atoms with Crippen LogP contribution in [0.15, 0.2) is 85.0 Å². The van der Waals surface area contributed by atoms with E-state index in [0.717, 1.165) is 11.1 Å². The van der Waals surface area contributed by atoms with E-state index in [1.807, 2.05) is 36.4 Å². The zero-order valence-electron chi connectivity index (χ0n) is 18.2. The standard InChI is InChI=1S/C27H23ClN2O3/c1-3-8-21-13-20(14-22(17-29)27(31)30-24-11-5-4-6-12-24)16-25(32-2)26(21)33-18-19-9-7-10-23(28)15-19/h3-7,9-16H,1,8,18H2,2H3,(H,30,31)/b22-14+. The molecule has 0 spiro atoms. The molecule has 0 aliphatic heterocycles. The minimum Gasteiger partial charge on any atom is -0.493 e. The van der Waals surface area contributed by atoms with E-state index in [1.54, 1.807) is 49.6 Å². The van der Waals surface area contributed by atoms with Gasteiger partial charge in [0.2, 0.25) is 0 Å². The zero-order chi connectivity index (χ0) is 23.6. The van der Waals surface area contributed by atoms with Gasteiger partial charge in [0.25, 0.3) is 5.91 Å². The van der Waals surface area contributed by atoms with Crippen LogP contribution in [-0.4, -0.2) is 13.0 Å². The van der Waals surface area contributed by atoms with Gasteiger partial charge in [0.15, 0.2) is 11.5 Å². The fourth-order valence-corrected chi connectivity index (χ4v) is 3.42. The van der Waals surface area contributed by atoms with E-state index < -0.39 is 5.91 Å². The molecule has 0 aliphatic rings. The van der Waals surface area contributed by atoms with Gasteiger partial charge in [-0.2, -0.15) is 5.26 Å². The van der Waals surface area contributed by atoms with Crippen molar-refractivity contribution in [2.24, 2.45) is 0 Å². The molecule has 0 saturated carbocycles. The number of amides is 1. The molecule has 3 aromatic carbocycles. The first-order chi connectivity index (χ1) is 16.0. The first-order valence-corrected chi connectivity index (χ1v) is 10.6. The van der Waals surface area contributed by atoms with Gasteiger partial charge in [-0.05, 0) is 60.0 Å². The molecule has 0 aliphatic carbocycles. The molecule has 0 radical (unpaired) electrons. The lowest BCUT2D eigenvalue weighted by molar-refractivity contribution is -0.112. The number of rotatable bonds is 9. The summed E-state index contributed by atoms with van der Waals surface area (Å²) in [4.78, 5) is 12.6. The molecule has 5 nitrogen and oxygen atoms in total. The Morgan fingerprint density at radius 1 is 1.15 bits per heavy atom. The third-order valence-corrected chi connectivity index (χ3v) is 4.95. The minimum absolute atomic E-state index is 0.0296. The molecule has 33 heavy (non-hydrogen) atoms. The number of carbonyl (C=O) groups excluding carboxylic acids is 1. The summed E-state index contributed by atoms with van der Waals surface area (Å²) >= 11 is 6.07. The number of benzene rings is 3. The van der Waals surface area contributed by atoms with Gasteiger partial charge in [0.05, 0.1) is 7.11 Å². The number of nitriles is 1. The molecule has 0 heterocycles. The number of anilines is 1. The van der Waals surface area contributed by atoms with Crippen molar-refractivity contribution in [2.45, 2.75) is 13.0 Å². The second kappa shape index (κ2) is 11.6. The molecule has 0 bridgehead atoms. The first kappa shape index (κ1) is 23.6. The Labute approximate surface area is 198 Å². The maximum absolute atomic E-state index is 12.6. The largest absolute Gasteiger partial charge is 0.493 e. The van der Waals surface area contributed by atoms with Gasteiger partial charge in [-0.25, -0.2) is 0 Å². The molecule has 0 fully saturated rings. The van der Waals surface area contributed by atoms with E-state index in [9.17, 15) is 10.1 Å². The molecule has 1 N–H and O–H groups in total. The second-order valence-corrected chi connectivity index (χ2v) is 7.55. The molecule has 166 valence electrons. The summed E-state index contributed by atoms with van der Waals surface area (Å²) in [6.45, 7) is 4.12. The number of hydrogen-bond donors (Lipinski definition) is 1. The Bertz CT molecular complexity index is 1210. The minimum atomic E-state index is -0.491. The highest BCUT2D eigenvalue weighted by Gasteiger charge is 2.15. The molecule has 3 rings (SSSR count). The van der Waals surface area contributed by atoms with Crippen LogP contribution in [0.25, 0.3) is 6.08 Å². The van der Waals surface area contributed by atoms with Gasteiger partial charge in [-0.15, -0.1) is 6.58 Å². The molecule has 1 amide bonds. The van der Waals surface area contributed by atoms with Crippen molar-refractivity contribution < 1.29 is 14.3 Å². The van der Waals surface area contributed by atoms with Crippen LogP contribution in [-0.2, 0) is 17.8 Å². The van der Waals surface area contributed by atoms with E-state index in [4.69, 9.17) is 21.1 Å². The number of halogens is 1. The number of allylic oxidation sites excluding steroid dienone is 1. The average molecular weight is 459 g/mol. The number of nitrogens with zero attached hydrogens (tertiary/aromatic N) is 1. The van der Waals surface area contributed by atoms with Crippen molar-refractivity contribution in [3.05, 3.63) is 107 Å². The zero-order valence-corrected chi connectivity index (χ0v) is 18.9. The quantitative estimate of drug-likeness (QED) is 0.235. The maximum atomic E-state index is 12.6. The van der Waals surface area contributed by atoms with Gasteiger partial charge in [0, 0.05) is 16.3 Å². The summed E-state index contributed by atoms with van der Waals surface area (Å²) in [6, 6.07) is 21.9. The maximum Gasteiger partial charge on any atom is 0.266 e. The summed E-state index contributed by atoms with van der Waals surface area (Å²) in [5.41, 5.74) is 2.95. The summed E-state index contributed by atoms with van der Waals surface area (Å²) < 4.78 is 11.6. The lowest BCUT2D eigenvalue weighted by Crippen LogP contribution is -2.13. The summed E-state index contributed by atoms with van der Waals surface area (Å²) in [7, 11) is 1.54. The molecular weight excluding hydrogens is 436 g/mol. The average Bonchev–Trinajstić information content (AvgIpc) is 2.82. The molecule has 0 unspecified atom stereocenters. The summed E-state index contributed by atoms with van der Waals surface area (Å²) in [5, 5.41) is 12.9. The van der Waals surface area contributed by atoms with Gasteiger partial charge in [-0.1, -0.05) is 48.0 Å². The summed E-state index contributed by atoms with van der Waals surface area (Å²) in [6.07, 6.45) is 3.79. The number of para-hydroxylation sites is 1. The van der Waals surface area contributed by atoms with E-state index in [0.29, 0.717) is 40.8 Å². The van der Waals surface area contributed by atoms with Gasteiger partial charge in [-0.3, -0.25) is 4.79 Å². The van der Waals surface area contributed by atoms with Crippen LogP contribution < -0.4 is 14.8 Å². The van der Waals surface area contributed by atoms with Crippen LogP contribution in [0.2, 0.25) is 5.02 Å². The topological polar surface area (TPSA) is 71.4 Å². The lowest BCUT2D eigenvalue weighted by Gasteiger charge is -2.16. The van der Waals surface area contributed by atoms with Crippen LogP contribution in [0.3, 0.4) is 0 Å². The van der Waals surface area contributed by atoms with Crippen LogP contribution in [0, 0.1) is 11.3 Å². The van der Waals surface area contributed by atoms with E-state index in [1.165, 1.54) is 6.08 Å². The summed E-state index contributed by atoms with van der Waals surface area (Å²) in [5.74, 6) is 0.569. The smallest absolute Gasteiger partial charge is 0.266 e. The fourth-order valence-electron chi connectivity index (χ4n) is 3.21. The first-order valence-electron chi connectivity index (χ1n) is 10.2. The fraction of sp³-hybridized carbons (Fsp3) is 0.111. The lowest BCUT2D eigenvalue weighted by atomic mass is 10.0. The van der Waals surface area contributed by atoms with Crippen molar-refractivity contribution in [3.8, 4) is 17.6 Å². The predicted octanol–water partition coefficient (Wildman–Crippen LogP) is 6.20. The normalized spacial score (nSPS) is 10.8. The van der Waals surface area contributed by atoms with Crippen molar-refractivity contribution in [1.29, 1.82) is 5.26 Å². The number of methoxy groups -OCH3 is 1. The second-order valence-electron chi connectivity index (χ2n) is 7.11. The Kier molecular flexibility index (Phi) is 8.29. The number of hydrogen-bond acceptors (Lipinski definition) is 4. The Morgan fingerprint density at radius 3 is 2.61 bits per heavy atom. The Balaban J connectivity index is 1.90. The van der Waals surface area contributed by atoms with Crippen molar-refractivity contribution in [2.75, 3.05) is 12.4 Å². The van der Waals surface area contributed by atoms with E-state index >= 15 is 0 Å². The van der Waals surface area contributed by atoms with Crippen molar-refractivity contribution in [1.82, 2.24) is 0 Å². The van der Waals surface area contributed by atoms with Crippen molar-refractivity contribution in [3.63, 3.8) is 0 Å². The molecule has 0 aromatic heterocycles. The molecule has 0 saturated heterocycles. The molecule has 0 atom stereocenters. The number of ether oxygens (including phenoxy) is 2. The highest BCUT2D eigenvalue weighted by molar-refractivity contribution is 6.30. The number of carbonyl (C=O) groups is 1. The molecule has 3 aromatic rings. The van der Waals surface area contributed by atoms with Crippen LogP contribution in [0.5, 0.6) is 11.5 Å². The highest BCUT2D eigenvalue weighted by atomic mass is 35.5. The van der Waals surface area contributed by atoms with Crippen LogP contribution >= 0.6 is 11.6 Å². The van der Waals surface area contributed by atoms with Crippen molar-refractivity contribution >= 4 is 29.3 Å². The van der Waals surface area contributed by atoms with Crippen LogP contribution in [0.4, 0.5) is 5.69 Å². The Morgan fingerprint density at radius 2 is 1.94 bits per heavy atom. The van der Waals surface area contributed by atoms with Gasteiger partial charge < -0.3 is 14.8 Å². The monoisotopic (exact) mass is 458 g/mol. The SMILES string of the molecule is C=CCc1cc(/C=C(\C#N)C(=O)Nc2ccccc2)cc(OC)c1OCc1cccc(Cl)c1. The predicted molar refractivity (Wildman–Crippen MR) is 131 cm³/mol. The third-order valence-electron chi connectivity index (χ3n) is 4.72. The van der Waals surface area contributed by atoms with E-state index in [2.05, 4.69) is 11.9 Å². The van der Waals surface area contributed by atoms with E-state index in [-0.39, 0.29) is 5.57 Å². The Hall–Kier alpha value is -4.01. The molecular formula is C27H23ClN2O3. The number of nitrogens with one attached hydrogen (secondary N) is 1. The third kappa shape index (κ3) is 6.49. The van der Waals surface area contributed by atoms with Gasteiger partial charge >= 0.3 is 0 Å². The molecule has 6 heteroatoms. The highest BCUT2D eigenvalue weighted by Crippen LogP contribution is 2.35.